The number of nitrogens with one attached hydrogen (secondary N) is 2. The fraction of sp³-hybridized carbons (Fsp3) is 0.190. The van der Waals surface area contributed by atoms with Gasteiger partial charge in [0.05, 0.1) is 36.1 Å². The second kappa shape index (κ2) is 9.22. The van der Waals surface area contributed by atoms with Gasteiger partial charge < -0.3 is 9.47 Å². The number of hydrogen-bond acceptors (Lipinski definition) is 7. The number of sulfonamides is 1. The Kier molecular flexibility index (Phi) is 6.43. The number of alkyl halides is 2. The number of nitrogens with zero attached hydrogens (tertiary/aromatic N) is 3. The summed E-state index contributed by atoms with van der Waals surface area (Å²) in [4.78, 5) is 6.69. The SMILES string of the molecule is COc1ncc(F)cc1S(=O)(=O)Nc1ccc(F)c(COc2cnc3[nH]nc(C(C)(F)F)c3c2)c1F. The average Bonchev–Trinajstić information content (AvgIpc) is 3.25. The Morgan fingerprint density at radius 1 is 1.11 bits per heavy atom. The van der Waals surface area contributed by atoms with Crippen molar-refractivity contribution in [2.75, 3.05) is 11.8 Å². The first-order valence-corrected chi connectivity index (χ1v) is 11.4. The summed E-state index contributed by atoms with van der Waals surface area (Å²) in [5.74, 6) is -7.22. The lowest BCUT2D eigenvalue weighted by molar-refractivity contribution is 0.0142. The Morgan fingerprint density at radius 2 is 1.86 bits per heavy atom. The Hall–Kier alpha value is -4.01. The number of ether oxygens (including phenoxy) is 2. The maximum atomic E-state index is 15.1. The molecule has 3 aromatic heterocycles. The van der Waals surface area contributed by atoms with E-state index < -0.39 is 67.7 Å². The van der Waals surface area contributed by atoms with E-state index in [0.717, 1.165) is 31.6 Å². The highest BCUT2D eigenvalue weighted by Crippen LogP contribution is 2.33. The summed E-state index contributed by atoms with van der Waals surface area (Å²) in [5.41, 5.74) is -1.88. The number of pyridine rings is 2. The minimum Gasteiger partial charge on any atom is -0.487 e. The van der Waals surface area contributed by atoms with Crippen LogP contribution in [-0.4, -0.2) is 35.7 Å². The fourth-order valence-electron chi connectivity index (χ4n) is 3.22. The zero-order valence-electron chi connectivity index (χ0n) is 18.4. The first-order valence-electron chi connectivity index (χ1n) is 9.95. The van der Waals surface area contributed by atoms with E-state index in [-0.39, 0.29) is 16.8 Å². The lowest BCUT2D eigenvalue weighted by Gasteiger charge is -2.14. The summed E-state index contributed by atoms with van der Waals surface area (Å²) in [7, 11) is -3.50. The van der Waals surface area contributed by atoms with Crippen LogP contribution in [0.2, 0.25) is 0 Å². The van der Waals surface area contributed by atoms with E-state index >= 15 is 4.39 Å². The summed E-state index contributed by atoms with van der Waals surface area (Å²) in [5, 5.41) is 5.82. The number of fused-ring (bicyclic) bond motifs is 1. The Bertz CT molecular complexity index is 1560. The molecule has 0 saturated heterocycles. The van der Waals surface area contributed by atoms with E-state index in [4.69, 9.17) is 9.47 Å². The molecule has 36 heavy (non-hydrogen) atoms. The van der Waals surface area contributed by atoms with Crippen LogP contribution in [0.3, 0.4) is 0 Å². The average molecular weight is 529 g/mol. The van der Waals surface area contributed by atoms with E-state index in [2.05, 4.69) is 20.2 Å². The fourth-order valence-corrected chi connectivity index (χ4v) is 4.41. The zero-order chi connectivity index (χ0) is 26.3. The standard InChI is InChI=1S/C21H16F5N5O4S/c1-21(25,26)18-12-6-11(8-27-19(12)30-29-18)35-9-13-14(23)3-4-15(17(13)24)31-36(32,33)16-5-10(22)7-28-20(16)34-2/h3-8,31H,9H2,1-2H3,(H,27,29,30). The zero-order valence-corrected chi connectivity index (χ0v) is 19.3. The van der Waals surface area contributed by atoms with Gasteiger partial charge in [0.15, 0.2) is 16.4 Å². The van der Waals surface area contributed by atoms with Crippen LogP contribution in [0.5, 0.6) is 11.6 Å². The predicted octanol–water partition coefficient (Wildman–Crippen LogP) is 4.27. The number of hydrogen-bond donors (Lipinski definition) is 2. The molecular weight excluding hydrogens is 513 g/mol. The molecule has 0 aliphatic rings. The molecule has 0 fully saturated rings. The first kappa shape index (κ1) is 25.1. The van der Waals surface area contributed by atoms with E-state index in [1.54, 1.807) is 0 Å². The number of H-pyrrole nitrogens is 1. The van der Waals surface area contributed by atoms with Crippen LogP contribution in [0, 0.1) is 17.5 Å². The van der Waals surface area contributed by atoms with Crippen LogP contribution in [0.15, 0.2) is 41.6 Å². The minimum absolute atomic E-state index is 0.0508. The van der Waals surface area contributed by atoms with Gasteiger partial charge in [0.1, 0.15) is 29.7 Å². The highest BCUT2D eigenvalue weighted by atomic mass is 32.2. The molecule has 15 heteroatoms. The number of rotatable bonds is 8. The Labute approximate surface area is 200 Å². The Morgan fingerprint density at radius 3 is 2.56 bits per heavy atom. The molecule has 0 spiro atoms. The summed E-state index contributed by atoms with van der Waals surface area (Å²) < 4.78 is 108. The van der Waals surface area contributed by atoms with E-state index in [9.17, 15) is 26.0 Å². The molecule has 0 amide bonds. The molecule has 1 aromatic carbocycles. The topological polar surface area (TPSA) is 119 Å². The van der Waals surface area contributed by atoms with Gasteiger partial charge in [-0.2, -0.15) is 13.9 Å². The van der Waals surface area contributed by atoms with Crippen molar-refractivity contribution < 1.29 is 39.8 Å². The van der Waals surface area contributed by atoms with Crippen molar-refractivity contribution in [1.82, 2.24) is 20.2 Å². The van der Waals surface area contributed by atoms with Crippen LogP contribution >= 0.6 is 0 Å². The van der Waals surface area contributed by atoms with Crippen molar-refractivity contribution in [2.45, 2.75) is 24.3 Å². The molecule has 3 heterocycles. The van der Waals surface area contributed by atoms with Crippen molar-refractivity contribution in [3.63, 3.8) is 0 Å². The van der Waals surface area contributed by atoms with Crippen LogP contribution in [0.4, 0.5) is 27.6 Å². The maximum absolute atomic E-state index is 15.1. The second-order valence-corrected chi connectivity index (χ2v) is 9.12. The van der Waals surface area contributed by atoms with E-state index in [0.29, 0.717) is 13.0 Å². The minimum atomic E-state index is -4.61. The van der Waals surface area contributed by atoms with Crippen LogP contribution in [0.25, 0.3) is 11.0 Å². The van der Waals surface area contributed by atoms with Crippen molar-refractivity contribution >= 4 is 26.7 Å². The van der Waals surface area contributed by atoms with Gasteiger partial charge in [-0.1, -0.05) is 0 Å². The number of anilines is 1. The molecule has 4 rings (SSSR count). The quantitative estimate of drug-likeness (QED) is 0.327. The molecule has 0 aliphatic carbocycles. The van der Waals surface area contributed by atoms with Gasteiger partial charge in [0.25, 0.3) is 15.9 Å². The van der Waals surface area contributed by atoms with Gasteiger partial charge in [0, 0.05) is 13.0 Å². The van der Waals surface area contributed by atoms with Gasteiger partial charge in [-0.05, 0) is 18.2 Å². The highest BCUT2D eigenvalue weighted by Gasteiger charge is 2.30. The molecule has 0 bridgehead atoms. The molecule has 9 nitrogen and oxygen atoms in total. The summed E-state index contributed by atoms with van der Waals surface area (Å²) in [6.07, 6.45) is 1.86. The van der Waals surface area contributed by atoms with Crippen LogP contribution in [-0.2, 0) is 22.6 Å². The molecule has 4 aromatic rings. The highest BCUT2D eigenvalue weighted by molar-refractivity contribution is 7.92. The van der Waals surface area contributed by atoms with Gasteiger partial charge in [-0.25, -0.2) is 31.6 Å². The van der Waals surface area contributed by atoms with Gasteiger partial charge in [-0.15, -0.1) is 0 Å². The molecule has 190 valence electrons. The predicted molar refractivity (Wildman–Crippen MR) is 116 cm³/mol. The normalized spacial score (nSPS) is 12.1. The molecule has 0 radical (unpaired) electrons. The van der Waals surface area contributed by atoms with E-state index in [1.165, 1.54) is 6.07 Å². The lowest BCUT2D eigenvalue weighted by Crippen LogP contribution is -2.17. The lowest BCUT2D eigenvalue weighted by atomic mass is 10.1. The van der Waals surface area contributed by atoms with E-state index in [1.807, 2.05) is 4.72 Å². The van der Waals surface area contributed by atoms with Crippen molar-refractivity contribution in [1.29, 1.82) is 0 Å². The molecular formula is C21H16F5N5O4S. The second-order valence-electron chi connectivity index (χ2n) is 7.47. The van der Waals surface area contributed by atoms with Crippen molar-refractivity contribution in [3.05, 3.63) is 65.4 Å². The number of halogens is 5. The largest absolute Gasteiger partial charge is 0.487 e. The van der Waals surface area contributed by atoms with Crippen molar-refractivity contribution in [3.8, 4) is 11.6 Å². The molecule has 0 unspecified atom stereocenters. The summed E-state index contributed by atoms with van der Waals surface area (Å²) >= 11 is 0. The number of methoxy groups -OCH3 is 1. The Balaban J connectivity index is 1.61. The molecule has 2 N–H and O–H groups in total. The third kappa shape index (κ3) is 4.86. The van der Waals surface area contributed by atoms with Gasteiger partial charge in [0.2, 0.25) is 5.88 Å². The summed E-state index contributed by atoms with van der Waals surface area (Å²) in [6, 6.07) is 3.39. The van der Waals surface area contributed by atoms with Crippen LogP contribution in [0.1, 0.15) is 18.2 Å². The number of aromatic nitrogens is 4. The van der Waals surface area contributed by atoms with Crippen LogP contribution < -0.4 is 14.2 Å². The smallest absolute Gasteiger partial charge is 0.289 e. The molecule has 0 aliphatic heterocycles. The third-order valence-corrected chi connectivity index (χ3v) is 6.25. The van der Waals surface area contributed by atoms with Crippen molar-refractivity contribution in [2.24, 2.45) is 0 Å². The monoisotopic (exact) mass is 529 g/mol. The number of aromatic amines is 1. The summed E-state index contributed by atoms with van der Waals surface area (Å²) in [6.45, 7) is -0.107. The molecule has 0 atom stereocenters. The maximum Gasteiger partial charge on any atom is 0.289 e. The first-order chi connectivity index (χ1) is 16.9. The number of benzene rings is 1. The molecule has 0 saturated carbocycles. The third-order valence-electron chi connectivity index (χ3n) is 4.89. The van der Waals surface area contributed by atoms with Gasteiger partial charge in [-0.3, -0.25) is 9.82 Å². The van der Waals surface area contributed by atoms with Gasteiger partial charge >= 0.3 is 0 Å².